The van der Waals surface area contributed by atoms with Crippen molar-refractivity contribution >= 4 is 27.7 Å². The third kappa shape index (κ3) is 4.33. The second kappa shape index (κ2) is 8.71. The van der Waals surface area contributed by atoms with E-state index in [0.29, 0.717) is 32.7 Å². The zero-order chi connectivity index (χ0) is 21.1. The van der Waals surface area contributed by atoms with Crippen LogP contribution in [0, 0.1) is 0 Å². The van der Waals surface area contributed by atoms with Crippen molar-refractivity contribution in [2.45, 2.75) is 19.4 Å². The van der Waals surface area contributed by atoms with Crippen LogP contribution in [0.4, 0.5) is 5.69 Å². The molecule has 0 aromatic heterocycles. The van der Waals surface area contributed by atoms with Crippen LogP contribution < -0.4 is 4.90 Å². The second-order valence-corrected chi connectivity index (χ2v) is 9.56. The number of carbonyl (C=O) groups is 1. The molecule has 6 nitrogen and oxygen atoms in total. The molecule has 2 aromatic carbocycles. The van der Waals surface area contributed by atoms with Gasteiger partial charge in [-0.15, -0.1) is 0 Å². The second-order valence-electron chi connectivity index (χ2n) is 7.74. The van der Waals surface area contributed by atoms with Crippen molar-refractivity contribution in [2.75, 3.05) is 37.6 Å². The molecule has 2 heterocycles. The molecule has 0 spiro atoms. The number of piperazine rings is 1. The summed E-state index contributed by atoms with van der Waals surface area (Å²) < 4.78 is 26.8. The first-order chi connectivity index (χ1) is 14.5. The number of carbonyl (C=O) groups excluding carboxylic acids is 1. The van der Waals surface area contributed by atoms with Crippen molar-refractivity contribution in [2.24, 2.45) is 0 Å². The highest BCUT2D eigenvalue weighted by Gasteiger charge is 2.34. The maximum absolute atomic E-state index is 13.1. The first-order valence-electron chi connectivity index (χ1n) is 10.3. The Bertz CT molecular complexity index is 1030. The number of benzene rings is 2. The van der Waals surface area contributed by atoms with Crippen LogP contribution in [0.25, 0.3) is 6.08 Å². The van der Waals surface area contributed by atoms with Gasteiger partial charge in [-0.05, 0) is 36.6 Å². The Labute approximate surface area is 178 Å². The number of amides is 1. The van der Waals surface area contributed by atoms with Crippen molar-refractivity contribution in [1.82, 2.24) is 9.21 Å². The molecular formula is C23H27N3O3S. The Morgan fingerprint density at radius 2 is 1.60 bits per heavy atom. The van der Waals surface area contributed by atoms with E-state index >= 15 is 0 Å². The SMILES string of the molecule is C[C@@H](C(=O)N1CCc2ccccc21)N1CCN(S(=O)(=O)/C=C/c2ccccc2)CC1. The van der Waals surface area contributed by atoms with Gasteiger partial charge >= 0.3 is 0 Å². The average Bonchev–Trinajstić information content (AvgIpc) is 3.22. The molecule has 2 aliphatic rings. The monoisotopic (exact) mass is 425 g/mol. The van der Waals surface area contributed by atoms with Crippen molar-refractivity contribution in [1.29, 1.82) is 0 Å². The predicted molar refractivity (Wildman–Crippen MR) is 120 cm³/mol. The van der Waals surface area contributed by atoms with E-state index in [1.54, 1.807) is 6.08 Å². The molecule has 0 unspecified atom stereocenters. The van der Waals surface area contributed by atoms with Crippen LogP contribution in [0.1, 0.15) is 18.1 Å². The molecule has 0 bridgehead atoms. The Morgan fingerprint density at radius 3 is 2.33 bits per heavy atom. The number of hydrogen-bond donors (Lipinski definition) is 0. The van der Waals surface area contributed by atoms with Gasteiger partial charge in [0.2, 0.25) is 15.9 Å². The lowest BCUT2D eigenvalue weighted by Crippen LogP contribution is -2.55. The molecule has 0 radical (unpaired) electrons. The number of rotatable bonds is 5. The summed E-state index contributed by atoms with van der Waals surface area (Å²) in [6.07, 6.45) is 2.51. The Hall–Kier alpha value is -2.48. The maximum Gasteiger partial charge on any atom is 0.244 e. The van der Waals surface area contributed by atoms with Gasteiger partial charge in [-0.3, -0.25) is 9.69 Å². The lowest BCUT2D eigenvalue weighted by atomic mass is 10.1. The Morgan fingerprint density at radius 1 is 0.933 bits per heavy atom. The third-order valence-corrected chi connectivity index (χ3v) is 7.49. The molecule has 0 aliphatic carbocycles. The first kappa shape index (κ1) is 20.8. The van der Waals surface area contributed by atoms with Gasteiger partial charge in [-0.2, -0.15) is 4.31 Å². The maximum atomic E-state index is 13.1. The van der Waals surface area contributed by atoms with Gasteiger partial charge in [0.15, 0.2) is 0 Å². The van der Waals surface area contributed by atoms with Crippen molar-refractivity contribution in [3.8, 4) is 0 Å². The Balaban J connectivity index is 1.36. The van der Waals surface area contributed by atoms with Gasteiger partial charge in [0, 0.05) is 43.8 Å². The fourth-order valence-corrected chi connectivity index (χ4v) is 5.28. The minimum atomic E-state index is -3.48. The molecule has 1 saturated heterocycles. The summed E-state index contributed by atoms with van der Waals surface area (Å²) in [5.74, 6) is 0.0835. The lowest BCUT2D eigenvalue weighted by molar-refractivity contribution is -0.123. The third-order valence-electron chi connectivity index (χ3n) is 5.92. The van der Waals surface area contributed by atoms with Gasteiger partial charge in [0.1, 0.15) is 0 Å². The number of fused-ring (bicyclic) bond motifs is 1. The predicted octanol–water partition coefficient (Wildman–Crippen LogP) is 2.58. The van der Waals surface area contributed by atoms with Crippen LogP contribution in [0.3, 0.4) is 0 Å². The van der Waals surface area contributed by atoms with E-state index in [2.05, 4.69) is 11.0 Å². The first-order valence-corrected chi connectivity index (χ1v) is 11.8. The highest BCUT2D eigenvalue weighted by atomic mass is 32.2. The van der Waals surface area contributed by atoms with Crippen LogP contribution in [0.5, 0.6) is 0 Å². The largest absolute Gasteiger partial charge is 0.310 e. The molecule has 0 N–H and O–H groups in total. The summed E-state index contributed by atoms with van der Waals surface area (Å²) >= 11 is 0. The van der Waals surface area contributed by atoms with Gasteiger partial charge < -0.3 is 4.90 Å². The van der Waals surface area contributed by atoms with Crippen LogP contribution in [0.2, 0.25) is 0 Å². The normalized spacial score (nSPS) is 19.2. The van der Waals surface area contributed by atoms with Crippen LogP contribution in [-0.2, 0) is 21.2 Å². The fourth-order valence-electron chi connectivity index (χ4n) is 4.11. The molecular weight excluding hydrogens is 398 g/mol. The van der Waals surface area contributed by atoms with Crippen LogP contribution in [-0.4, -0.2) is 62.3 Å². The zero-order valence-corrected chi connectivity index (χ0v) is 18.0. The molecule has 1 fully saturated rings. The number of sulfonamides is 1. The van der Waals surface area contributed by atoms with Crippen molar-refractivity contribution in [3.05, 3.63) is 71.1 Å². The minimum Gasteiger partial charge on any atom is -0.310 e. The van der Waals surface area contributed by atoms with Gasteiger partial charge in [-0.25, -0.2) is 8.42 Å². The summed E-state index contributed by atoms with van der Waals surface area (Å²) in [5, 5.41) is 1.27. The lowest BCUT2D eigenvalue weighted by Gasteiger charge is -2.37. The quantitative estimate of drug-likeness (QED) is 0.739. The fraction of sp³-hybridized carbons (Fsp3) is 0.348. The highest BCUT2D eigenvalue weighted by Crippen LogP contribution is 2.28. The van der Waals surface area contributed by atoms with E-state index in [4.69, 9.17) is 0 Å². The van der Waals surface area contributed by atoms with E-state index in [1.165, 1.54) is 15.3 Å². The van der Waals surface area contributed by atoms with E-state index in [0.717, 1.165) is 17.7 Å². The summed E-state index contributed by atoms with van der Waals surface area (Å²) in [6, 6.07) is 17.1. The molecule has 2 aromatic rings. The van der Waals surface area contributed by atoms with Crippen molar-refractivity contribution in [3.63, 3.8) is 0 Å². The zero-order valence-electron chi connectivity index (χ0n) is 17.1. The molecule has 1 atom stereocenters. The molecule has 30 heavy (non-hydrogen) atoms. The topological polar surface area (TPSA) is 60.9 Å². The summed E-state index contributed by atoms with van der Waals surface area (Å²) in [6.45, 7) is 4.48. The number of anilines is 1. The van der Waals surface area contributed by atoms with Crippen LogP contribution in [0.15, 0.2) is 60.0 Å². The van der Waals surface area contributed by atoms with E-state index in [1.807, 2.05) is 60.4 Å². The minimum absolute atomic E-state index is 0.0835. The standard InChI is InChI=1S/C23H27N3O3S/c1-19(23(27)26-13-11-21-9-5-6-10-22(21)26)24-14-16-25(17-15-24)30(28,29)18-12-20-7-3-2-4-8-20/h2-10,12,18-19H,11,13-17H2,1H3/b18-12+/t19-/m0/s1. The van der Waals surface area contributed by atoms with E-state index < -0.39 is 10.0 Å². The van der Waals surface area contributed by atoms with Gasteiger partial charge in [0.25, 0.3) is 0 Å². The smallest absolute Gasteiger partial charge is 0.244 e. The molecule has 7 heteroatoms. The highest BCUT2D eigenvalue weighted by molar-refractivity contribution is 7.92. The van der Waals surface area contributed by atoms with E-state index in [-0.39, 0.29) is 11.9 Å². The molecule has 2 aliphatic heterocycles. The molecule has 158 valence electrons. The van der Waals surface area contributed by atoms with Crippen LogP contribution >= 0.6 is 0 Å². The molecule has 4 rings (SSSR count). The molecule has 1 amide bonds. The number of para-hydroxylation sites is 1. The van der Waals surface area contributed by atoms with E-state index in [9.17, 15) is 13.2 Å². The summed E-state index contributed by atoms with van der Waals surface area (Å²) in [5.41, 5.74) is 3.06. The number of hydrogen-bond acceptors (Lipinski definition) is 4. The van der Waals surface area contributed by atoms with Gasteiger partial charge in [0.05, 0.1) is 6.04 Å². The summed E-state index contributed by atoms with van der Waals surface area (Å²) in [7, 11) is -3.48. The average molecular weight is 426 g/mol. The van der Waals surface area contributed by atoms with Gasteiger partial charge in [-0.1, -0.05) is 48.5 Å². The number of nitrogens with zero attached hydrogens (tertiary/aromatic N) is 3. The Kier molecular flexibility index (Phi) is 6.04. The summed E-state index contributed by atoms with van der Waals surface area (Å²) in [4.78, 5) is 17.0. The molecule has 0 saturated carbocycles. The van der Waals surface area contributed by atoms with Crippen molar-refractivity contribution < 1.29 is 13.2 Å².